The van der Waals surface area contributed by atoms with Gasteiger partial charge in [-0.05, 0) is 32.0 Å². The lowest BCUT2D eigenvalue weighted by atomic mass is 10.0. The van der Waals surface area contributed by atoms with Crippen LogP contribution in [0.5, 0.6) is 0 Å². The van der Waals surface area contributed by atoms with Crippen molar-refractivity contribution >= 4 is 11.6 Å². The molecule has 0 aliphatic carbocycles. The van der Waals surface area contributed by atoms with Gasteiger partial charge in [0.25, 0.3) is 5.91 Å². The Bertz CT molecular complexity index is 602. The van der Waals surface area contributed by atoms with Crippen molar-refractivity contribution in [3.8, 4) is 0 Å². The number of rotatable bonds is 4. The molecule has 1 fully saturated rings. The zero-order chi connectivity index (χ0) is 14.7. The van der Waals surface area contributed by atoms with Gasteiger partial charge < -0.3 is 10.2 Å². The average molecular weight is 284 g/mol. The number of benzene rings is 1. The molecular formula is C16H20N4O. The molecule has 1 aromatic carbocycles. The first kappa shape index (κ1) is 13.8. The van der Waals surface area contributed by atoms with Gasteiger partial charge in [0.2, 0.25) is 0 Å². The Labute approximate surface area is 124 Å². The van der Waals surface area contributed by atoms with E-state index in [1.54, 1.807) is 11.1 Å². The second-order valence-corrected chi connectivity index (χ2v) is 5.27. The summed E-state index contributed by atoms with van der Waals surface area (Å²) in [5.74, 6) is 0.361. The highest BCUT2D eigenvalue weighted by Crippen LogP contribution is 2.25. The minimum Gasteiger partial charge on any atom is -0.316 e. The maximum atomic E-state index is 12.9. The summed E-state index contributed by atoms with van der Waals surface area (Å²) in [6.07, 6.45) is 2.70. The van der Waals surface area contributed by atoms with E-state index in [1.165, 1.54) is 0 Å². The van der Waals surface area contributed by atoms with Gasteiger partial charge in [-0.1, -0.05) is 18.2 Å². The number of para-hydroxylation sites is 1. The Hall–Kier alpha value is -2.14. The Morgan fingerprint density at radius 2 is 2.19 bits per heavy atom. The summed E-state index contributed by atoms with van der Waals surface area (Å²) < 4.78 is 0. The van der Waals surface area contributed by atoms with Crippen molar-refractivity contribution in [1.82, 2.24) is 15.5 Å². The summed E-state index contributed by atoms with van der Waals surface area (Å²) in [4.78, 5) is 14.6. The van der Waals surface area contributed by atoms with Crippen LogP contribution in [0.1, 0.15) is 35.3 Å². The first-order chi connectivity index (χ1) is 10.3. The number of H-pyrrole nitrogens is 1. The smallest absolute Gasteiger partial charge is 0.261 e. The van der Waals surface area contributed by atoms with Gasteiger partial charge >= 0.3 is 0 Å². The molecule has 3 rings (SSSR count). The lowest BCUT2D eigenvalue weighted by molar-refractivity contribution is 0.0987. The van der Waals surface area contributed by atoms with E-state index in [1.807, 2.05) is 37.3 Å². The van der Waals surface area contributed by atoms with Gasteiger partial charge in [-0.3, -0.25) is 9.89 Å². The second kappa shape index (κ2) is 6.10. The largest absolute Gasteiger partial charge is 0.316 e. The van der Waals surface area contributed by atoms with E-state index in [2.05, 4.69) is 15.5 Å². The van der Waals surface area contributed by atoms with E-state index >= 15 is 0 Å². The van der Waals surface area contributed by atoms with Crippen LogP contribution in [0.15, 0.2) is 36.5 Å². The molecule has 21 heavy (non-hydrogen) atoms. The number of aromatic amines is 1. The van der Waals surface area contributed by atoms with Crippen LogP contribution in [0, 0.1) is 0 Å². The molecule has 1 unspecified atom stereocenters. The quantitative estimate of drug-likeness (QED) is 0.904. The lowest BCUT2D eigenvalue weighted by Crippen LogP contribution is -2.31. The van der Waals surface area contributed by atoms with Crippen LogP contribution in [0.4, 0.5) is 5.69 Å². The Morgan fingerprint density at radius 1 is 1.38 bits per heavy atom. The number of nitrogens with zero attached hydrogens (tertiary/aromatic N) is 2. The molecule has 1 amide bonds. The standard InChI is InChI=1S/C16H20N4O/c1-2-20(13-6-4-3-5-7-13)16(21)14-11-18-19-15(14)12-8-9-17-10-12/h3-7,11-12,17H,2,8-10H2,1H3,(H,18,19). The first-order valence-electron chi connectivity index (χ1n) is 7.42. The van der Waals surface area contributed by atoms with Crippen LogP contribution in [0.25, 0.3) is 0 Å². The van der Waals surface area contributed by atoms with Crippen LogP contribution >= 0.6 is 0 Å². The molecule has 2 heterocycles. The van der Waals surface area contributed by atoms with Gasteiger partial charge in [-0.2, -0.15) is 5.10 Å². The topological polar surface area (TPSA) is 61.0 Å². The summed E-state index contributed by atoms with van der Waals surface area (Å²) in [6, 6.07) is 9.76. The van der Waals surface area contributed by atoms with Crippen molar-refractivity contribution in [2.75, 3.05) is 24.5 Å². The predicted molar refractivity (Wildman–Crippen MR) is 82.6 cm³/mol. The van der Waals surface area contributed by atoms with Crippen molar-refractivity contribution < 1.29 is 4.79 Å². The monoisotopic (exact) mass is 284 g/mol. The summed E-state index contributed by atoms with van der Waals surface area (Å²) >= 11 is 0. The van der Waals surface area contributed by atoms with Gasteiger partial charge in [-0.15, -0.1) is 0 Å². The molecule has 0 spiro atoms. The molecule has 0 saturated carbocycles. The normalized spacial score (nSPS) is 17.9. The first-order valence-corrected chi connectivity index (χ1v) is 7.42. The predicted octanol–water partition coefficient (Wildman–Crippen LogP) is 2.15. The molecule has 5 heteroatoms. The number of carbonyl (C=O) groups is 1. The van der Waals surface area contributed by atoms with Crippen molar-refractivity contribution in [3.05, 3.63) is 47.8 Å². The fourth-order valence-electron chi connectivity index (χ4n) is 2.88. The number of amides is 1. The summed E-state index contributed by atoms with van der Waals surface area (Å²) in [7, 11) is 0. The average Bonchev–Trinajstić information content (AvgIpc) is 3.20. The summed E-state index contributed by atoms with van der Waals surface area (Å²) in [5.41, 5.74) is 2.57. The molecule has 0 radical (unpaired) electrons. The molecule has 2 aromatic rings. The molecule has 1 aliphatic rings. The number of hydrogen-bond acceptors (Lipinski definition) is 3. The van der Waals surface area contributed by atoms with Crippen LogP contribution in [0.3, 0.4) is 0 Å². The minimum absolute atomic E-state index is 0.0133. The molecule has 0 bridgehead atoms. The molecule has 1 aromatic heterocycles. The van der Waals surface area contributed by atoms with Crippen LogP contribution in [-0.4, -0.2) is 35.7 Å². The third-order valence-electron chi connectivity index (χ3n) is 4.00. The highest BCUT2D eigenvalue weighted by Gasteiger charge is 2.27. The number of hydrogen-bond donors (Lipinski definition) is 2. The van der Waals surface area contributed by atoms with Crippen LogP contribution < -0.4 is 10.2 Å². The Morgan fingerprint density at radius 3 is 2.86 bits per heavy atom. The van der Waals surface area contributed by atoms with Crippen molar-refractivity contribution in [1.29, 1.82) is 0 Å². The van der Waals surface area contributed by atoms with Gasteiger partial charge in [-0.25, -0.2) is 0 Å². The van der Waals surface area contributed by atoms with Crippen molar-refractivity contribution in [3.63, 3.8) is 0 Å². The van der Waals surface area contributed by atoms with E-state index in [-0.39, 0.29) is 5.91 Å². The lowest BCUT2D eigenvalue weighted by Gasteiger charge is -2.21. The van der Waals surface area contributed by atoms with Gasteiger partial charge in [0.15, 0.2) is 0 Å². The number of aromatic nitrogens is 2. The zero-order valence-corrected chi connectivity index (χ0v) is 12.2. The minimum atomic E-state index is 0.0133. The van der Waals surface area contributed by atoms with E-state index in [0.29, 0.717) is 18.0 Å². The van der Waals surface area contributed by atoms with Gasteiger partial charge in [0.1, 0.15) is 0 Å². The van der Waals surface area contributed by atoms with E-state index in [4.69, 9.17) is 0 Å². The van der Waals surface area contributed by atoms with Gasteiger partial charge in [0, 0.05) is 24.7 Å². The highest BCUT2D eigenvalue weighted by atomic mass is 16.2. The SMILES string of the molecule is CCN(C(=O)c1cn[nH]c1C1CCNC1)c1ccccc1. The van der Waals surface area contributed by atoms with Crippen LogP contribution in [-0.2, 0) is 0 Å². The Balaban J connectivity index is 1.89. The molecular weight excluding hydrogens is 264 g/mol. The summed E-state index contributed by atoms with van der Waals surface area (Å²) in [6.45, 7) is 4.52. The summed E-state index contributed by atoms with van der Waals surface area (Å²) in [5, 5.41) is 10.4. The molecule has 1 saturated heterocycles. The maximum Gasteiger partial charge on any atom is 0.261 e. The second-order valence-electron chi connectivity index (χ2n) is 5.27. The fraction of sp³-hybridized carbons (Fsp3) is 0.375. The fourth-order valence-corrected chi connectivity index (χ4v) is 2.88. The third-order valence-corrected chi connectivity index (χ3v) is 4.00. The van der Waals surface area contributed by atoms with Crippen LogP contribution in [0.2, 0.25) is 0 Å². The van der Waals surface area contributed by atoms with E-state index in [9.17, 15) is 4.79 Å². The van der Waals surface area contributed by atoms with Crippen molar-refractivity contribution in [2.45, 2.75) is 19.3 Å². The number of nitrogens with one attached hydrogen (secondary N) is 2. The van der Waals surface area contributed by atoms with Gasteiger partial charge in [0.05, 0.1) is 17.5 Å². The number of anilines is 1. The molecule has 1 atom stereocenters. The molecule has 2 N–H and O–H groups in total. The molecule has 110 valence electrons. The zero-order valence-electron chi connectivity index (χ0n) is 12.2. The van der Waals surface area contributed by atoms with E-state index in [0.717, 1.165) is 30.9 Å². The number of carbonyl (C=O) groups excluding carboxylic acids is 1. The Kier molecular flexibility index (Phi) is 4.01. The molecule has 1 aliphatic heterocycles. The maximum absolute atomic E-state index is 12.9. The van der Waals surface area contributed by atoms with E-state index < -0.39 is 0 Å². The third kappa shape index (κ3) is 2.69. The highest BCUT2D eigenvalue weighted by molar-refractivity contribution is 6.06. The molecule has 5 nitrogen and oxygen atoms in total. The van der Waals surface area contributed by atoms with Crippen molar-refractivity contribution in [2.24, 2.45) is 0 Å².